The maximum Gasteiger partial charge on any atom is 0.261 e. The number of fused-ring (bicyclic) bond motifs is 2. The van der Waals surface area contributed by atoms with Gasteiger partial charge in [0.25, 0.3) is 11.8 Å². The Morgan fingerprint density at radius 2 is 1.74 bits per heavy atom. The van der Waals surface area contributed by atoms with Crippen LogP contribution in [0.1, 0.15) is 31.8 Å². The molecule has 6 nitrogen and oxygen atoms in total. The van der Waals surface area contributed by atoms with E-state index in [1.807, 2.05) is 36.0 Å². The first-order valence-corrected chi connectivity index (χ1v) is 8.79. The van der Waals surface area contributed by atoms with Crippen molar-refractivity contribution in [2.75, 3.05) is 6.54 Å². The number of amides is 3. The van der Waals surface area contributed by atoms with Crippen LogP contribution in [0.3, 0.4) is 0 Å². The maximum absolute atomic E-state index is 12.5. The Labute approximate surface area is 156 Å². The van der Waals surface area contributed by atoms with Gasteiger partial charge in [-0.15, -0.1) is 0 Å². The molecule has 0 spiro atoms. The number of nitrogens with one attached hydrogen (secondary N) is 1. The van der Waals surface area contributed by atoms with E-state index in [2.05, 4.69) is 5.32 Å². The van der Waals surface area contributed by atoms with Crippen LogP contribution in [0.15, 0.2) is 48.7 Å². The van der Waals surface area contributed by atoms with Crippen LogP contribution in [-0.4, -0.2) is 34.2 Å². The number of aryl methyl sites for hydroxylation is 1. The predicted molar refractivity (Wildman–Crippen MR) is 101 cm³/mol. The van der Waals surface area contributed by atoms with Crippen molar-refractivity contribution < 1.29 is 14.4 Å². The first kappa shape index (κ1) is 17.0. The minimum absolute atomic E-state index is 0.230. The van der Waals surface area contributed by atoms with Gasteiger partial charge in [0.05, 0.1) is 11.1 Å². The van der Waals surface area contributed by atoms with Crippen LogP contribution in [-0.2, 0) is 24.8 Å². The topological polar surface area (TPSA) is 71.4 Å². The Morgan fingerprint density at radius 1 is 1.04 bits per heavy atom. The Morgan fingerprint density at radius 3 is 2.41 bits per heavy atom. The number of carbonyl (C=O) groups excluding carboxylic acids is 3. The maximum atomic E-state index is 12.5. The van der Waals surface area contributed by atoms with Gasteiger partial charge in [-0.3, -0.25) is 19.3 Å². The predicted octanol–water partition coefficient (Wildman–Crippen LogP) is 2.26. The summed E-state index contributed by atoms with van der Waals surface area (Å²) < 4.78 is 2.03. The molecule has 136 valence electrons. The molecular formula is C21H19N3O3. The van der Waals surface area contributed by atoms with Crippen LogP contribution >= 0.6 is 0 Å². The summed E-state index contributed by atoms with van der Waals surface area (Å²) in [5.74, 6) is -0.460. The third-order valence-corrected chi connectivity index (χ3v) is 5.01. The quantitative estimate of drug-likeness (QED) is 0.541. The van der Waals surface area contributed by atoms with Gasteiger partial charge in [-0.2, -0.15) is 0 Å². The molecule has 0 atom stereocenters. The monoisotopic (exact) mass is 361 g/mol. The highest BCUT2D eigenvalue weighted by atomic mass is 16.2. The number of rotatable bonds is 6. The highest BCUT2D eigenvalue weighted by Crippen LogP contribution is 2.26. The molecule has 3 aromatic rings. The first-order chi connectivity index (χ1) is 13.1. The number of benzene rings is 2. The lowest BCUT2D eigenvalue weighted by atomic mass is 10.1. The fourth-order valence-corrected chi connectivity index (χ4v) is 3.66. The van der Waals surface area contributed by atoms with E-state index in [-0.39, 0.29) is 11.8 Å². The Kier molecular flexibility index (Phi) is 4.24. The average molecular weight is 361 g/mol. The van der Waals surface area contributed by atoms with E-state index in [1.165, 1.54) is 4.90 Å². The molecule has 0 aliphatic carbocycles. The zero-order valence-corrected chi connectivity index (χ0v) is 14.9. The van der Waals surface area contributed by atoms with Crippen molar-refractivity contribution in [3.63, 3.8) is 0 Å². The fraction of sp³-hybridized carbons (Fsp3) is 0.190. The molecule has 2 aromatic carbocycles. The summed E-state index contributed by atoms with van der Waals surface area (Å²) in [5.41, 5.74) is 4.09. The standard InChI is InChI=1S/C21H19N3O3/c1-23-12-15(18-10-14(11-22-13-25)6-7-19(18)23)8-9-24-20(26)16-4-2-3-5-17(16)21(24)27/h2-7,10,12-13H,8-9,11H2,1H3,(H,22,25). The summed E-state index contributed by atoms with van der Waals surface area (Å²) in [6.45, 7) is 0.800. The molecule has 4 rings (SSSR count). The Balaban J connectivity index is 1.58. The molecule has 2 heterocycles. The fourth-order valence-electron chi connectivity index (χ4n) is 3.66. The largest absolute Gasteiger partial charge is 0.355 e. The molecule has 27 heavy (non-hydrogen) atoms. The van der Waals surface area contributed by atoms with E-state index in [1.54, 1.807) is 24.3 Å². The summed E-state index contributed by atoms with van der Waals surface area (Å²) in [7, 11) is 1.97. The van der Waals surface area contributed by atoms with Crippen molar-refractivity contribution in [2.45, 2.75) is 13.0 Å². The summed E-state index contributed by atoms with van der Waals surface area (Å²) >= 11 is 0. The normalized spacial score (nSPS) is 13.3. The number of carbonyl (C=O) groups is 3. The molecular weight excluding hydrogens is 342 g/mol. The van der Waals surface area contributed by atoms with Crippen molar-refractivity contribution in [1.82, 2.24) is 14.8 Å². The molecule has 1 aliphatic heterocycles. The second-order valence-electron chi connectivity index (χ2n) is 6.67. The first-order valence-electron chi connectivity index (χ1n) is 8.79. The summed E-state index contributed by atoms with van der Waals surface area (Å²) in [5, 5.41) is 3.74. The Bertz CT molecular complexity index is 1030. The van der Waals surface area contributed by atoms with Gasteiger partial charge in [0.15, 0.2) is 0 Å². The van der Waals surface area contributed by atoms with E-state index < -0.39 is 0 Å². The van der Waals surface area contributed by atoms with Crippen molar-refractivity contribution in [2.24, 2.45) is 7.05 Å². The summed E-state index contributed by atoms with van der Waals surface area (Å²) in [6, 6.07) is 13.0. The number of nitrogens with zero attached hydrogens (tertiary/aromatic N) is 2. The molecule has 3 amide bonds. The van der Waals surface area contributed by atoms with Gasteiger partial charge in [-0.05, 0) is 41.8 Å². The molecule has 0 fully saturated rings. The minimum atomic E-state index is -0.230. The lowest BCUT2D eigenvalue weighted by Crippen LogP contribution is -2.31. The molecule has 0 bridgehead atoms. The third kappa shape index (κ3) is 2.89. The molecule has 0 unspecified atom stereocenters. The summed E-state index contributed by atoms with van der Waals surface area (Å²) in [4.78, 5) is 36.9. The van der Waals surface area contributed by atoms with Crippen molar-refractivity contribution in [1.29, 1.82) is 0 Å². The van der Waals surface area contributed by atoms with E-state index in [0.717, 1.165) is 22.0 Å². The van der Waals surface area contributed by atoms with Crippen LogP contribution in [0.25, 0.3) is 10.9 Å². The van der Waals surface area contributed by atoms with Gasteiger partial charge in [0, 0.05) is 37.2 Å². The molecule has 0 saturated heterocycles. The van der Waals surface area contributed by atoms with E-state index in [4.69, 9.17) is 0 Å². The van der Waals surface area contributed by atoms with Crippen LogP contribution in [0.4, 0.5) is 0 Å². The number of imide groups is 1. The number of hydrogen-bond donors (Lipinski definition) is 1. The van der Waals surface area contributed by atoms with E-state index in [0.29, 0.717) is 37.0 Å². The average Bonchev–Trinajstić information content (AvgIpc) is 3.13. The third-order valence-electron chi connectivity index (χ3n) is 5.01. The van der Waals surface area contributed by atoms with Gasteiger partial charge < -0.3 is 9.88 Å². The van der Waals surface area contributed by atoms with Gasteiger partial charge in [0.1, 0.15) is 0 Å². The van der Waals surface area contributed by atoms with Crippen molar-refractivity contribution in [3.8, 4) is 0 Å². The lowest BCUT2D eigenvalue weighted by molar-refractivity contribution is -0.109. The SMILES string of the molecule is Cn1cc(CCN2C(=O)c3ccccc3C2=O)c2cc(CNC=O)ccc21. The second kappa shape index (κ2) is 6.72. The van der Waals surface area contributed by atoms with Crippen LogP contribution < -0.4 is 5.32 Å². The van der Waals surface area contributed by atoms with Crippen molar-refractivity contribution in [3.05, 3.63) is 70.9 Å². The van der Waals surface area contributed by atoms with Crippen LogP contribution in [0, 0.1) is 0 Å². The van der Waals surface area contributed by atoms with Crippen LogP contribution in [0.5, 0.6) is 0 Å². The zero-order valence-electron chi connectivity index (χ0n) is 14.9. The molecule has 1 N–H and O–H groups in total. The van der Waals surface area contributed by atoms with Crippen molar-refractivity contribution >= 4 is 29.1 Å². The molecule has 1 aromatic heterocycles. The van der Waals surface area contributed by atoms with Crippen LogP contribution in [0.2, 0.25) is 0 Å². The molecule has 0 radical (unpaired) electrons. The minimum Gasteiger partial charge on any atom is -0.355 e. The highest BCUT2D eigenvalue weighted by Gasteiger charge is 2.34. The highest BCUT2D eigenvalue weighted by molar-refractivity contribution is 6.21. The smallest absolute Gasteiger partial charge is 0.261 e. The molecule has 0 saturated carbocycles. The van der Waals surface area contributed by atoms with E-state index >= 15 is 0 Å². The molecule has 6 heteroatoms. The number of hydrogen-bond acceptors (Lipinski definition) is 3. The summed E-state index contributed by atoms with van der Waals surface area (Å²) in [6.07, 6.45) is 3.28. The lowest BCUT2D eigenvalue weighted by Gasteiger charge is -2.13. The van der Waals surface area contributed by atoms with Gasteiger partial charge >= 0.3 is 0 Å². The van der Waals surface area contributed by atoms with E-state index in [9.17, 15) is 14.4 Å². The second-order valence-corrected chi connectivity index (χ2v) is 6.67. The van der Waals surface area contributed by atoms with Gasteiger partial charge in [-0.1, -0.05) is 18.2 Å². The van der Waals surface area contributed by atoms with Gasteiger partial charge in [0.2, 0.25) is 6.41 Å². The number of aromatic nitrogens is 1. The molecule has 1 aliphatic rings. The Hall–Kier alpha value is -3.41. The zero-order chi connectivity index (χ0) is 19.0. The van der Waals surface area contributed by atoms with Gasteiger partial charge in [-0.25, -0.2) is 0 Å².